The summed E-state index contributed by atoms with van der Waals surface area (Å²) in [4.78, 5) is 0. The molecule has 0 amide bonds. The molecule has 0 aliphatic carbocycles. The molecule has 0 saturated carbocycles. The fraction of sp³-hybridized carbons (Fsp3) is 1.00. The van der Waals surface area contributed by atoms with Crippen molar-refractivity contribution in [3.63, 3.8) is 0 Å². The zero-order valence-electron chi connectivity index (χ0n) is 5.01. The lowest BCUT2D eigenvalue weighted by atomic mass is 10.4. The second-order valence-corrected chi connectivity index (χ2v) is 3.62. The van der Waals surface area contributed by atoms with Gasteiger partial charge < -0.3 is 8.37 Å². The van der Waals surface area contributed by atoms with E-state index < -0.39 is 19.1 Å². The van der Waals surface area contributed by atoms with Crippen LogP contribution in [0, 0.1) is 0 Å². The Kier molecular flexibility index (Phi) is 3.22. The Labute approximate surface area is 66.1 Å². The molecule has 0 aromatic heterocycles. The molecule has 1 heterocycles. The first-order chi connectivity index (χ1) is 4.71. The Hall–Kier alpha value is 0.480. The Morgan fingerprint density at radius 3 is 2.10 bits per heavy atom. The van der Waals surface area contributed by atoms with Crippen LogP contribution in [0.2, 0.25) is 0 Å². The van der Waals surface area contributed by atoms with E-state index in [-0.39, 0.29) is 0 Å². The Balaban J connectivity index is 2.30. The van der Waals surface area contributed by atoms with Gasteiger partial charge in [0.1, 0.15) is 13.2 Å². The first kappa shape index (κ1) is 8.58. The molecule has 0 radical (unpaired) electrons. The van der Waals surface area contributed by atoms with Gasteiger partial charge in [-0.1, -0.05) is 0 Å². The van der Waals surface area contributed by atoms with Crippen molar-refractivity contribution in [2.24, 2.45) is 0 Å². The fourth-order valence-electron chi connectivity index (χ4n) is 0.385. The maximum absolute atomic E-state index is 12.4. The molecule has 60 valence electrons. The van der Waals surface area contributed by atoms with Gasteiger partial charge in [-0.2, -0.15) is 0 Å². The first-order valence-corrected chi connectivity index (χ1v) is 4.39. The molecule has 6 heteroatoms. The van der Waals surface area contributed by atoms with Crippen molar-refractivity contribution < 1.29 is 17.1 Å². The molecule has 0 N–H and O–H groups in total. The van der Waals surface area contributed by atoms with Gasteiger partial charge in [0.25, 0.3) is 5.92 Å². The number of rotatable bonds is 0. The molecule has 1 fully saturated rings. The Bertz CT molecular complexity index is 101. The van der Waals surface area contributed by atoms with Crippen LogP contribution in [0.25, 0.3) is 0 Å². The van der Waals surface area contributed by atoms with E-state index in [9.17, 15) is 8.78 Å². The first-order valence-electron chi connectivity index (χ1n) is 2.57. The minimum absolute atomic E-state index is 0.538. The zero-order valence-corrected chi connectivity index (χ0v) is 6.64. The summed E-state index contributed by atoms with van der Waals surface area (Å²) in [5, 5.41) is 0.538. The van der Waals surface area contributed by atoms with Crippen LogP contribution in [0.15, 0.2) is 0 Å². The lowest BCUT2D eigenvalue weighted by Gasteiger charge is -2.17. The summed E-state index contributed by atoms with van der Waals surface area (Å²) in [7, 11) is 0. The van der Waals surface area contributed by atoms with Crippen molar-refractivity contribution in [3.8, 4) is 0 Å². The molecule has 0 bridgehead atoms. The van der Waals surface area contributed by atoms with Gasteiger partial charge in [0.2, 0.25) is 0 Å². The SMILES string of the molecule is FC1(F)COSCSOC1. The van der Waals surface area contributed by atoms with E-state index in [1.54, 1.807) is 0 Å². The zero-order chi connectivity index (χ0) is 7.45. The Morgan fingerprint density at radius 1 is 1.10 bits per heavy atom. The van der Waals surface area contributed by atoms with Gasteiger partial charge in [0.15, 0.2) is 0 Å². The van der Waals surface area contributed by atoms with Crippen molar-refractivity contribution >= 4 is 24.1 Å². The third kappa shape index (κ3) is 3.05. The molecule has 1 aliphatic heterocycles. The minimum Gasteiger partial charge on any atom is -0.308 e. The van der Waals surface area contributed by atoms with Gasteiger partial charge in [-0.05, 0) is 0 Å². The number of alkyl halides is 2. The quantitative estimate of drug-likeness (QED) is 0.540. The third-order valence-electron chi connectivity index (χ3n) is 0.803. The van der Waals surface area contributed by atoms with Crippen LogP contribution in [-0.4, -0.2) is 24.2 Å². The van der Waals surface area contributed by atoms with Crippen LogP contribution in [0.1, 0.15) is 0 Å². The van der Waals surface area contributed by atoms with Crippen molar-refractivity contribution in [2.45, 2.75) is 5.92 Å². The van der Waals surface area contributed by atoms with Crippen molar-refractivity contribution in [1.82, 2.24) is 0 Å². The summed E-state index contributed by atoms with van der Waals surface area (Å²) < 4.78 is 33.8. The summed E-state index contributed by atoms with van der Waals surface area (Å²) in [6.07, 6.45) is 0. The molecule has 10 heavy (non-hydrogen) atoms. The average Bonchev–Trinajstić information content (AvgIpc) is 1.81. The predicted octanol–water partition coefficient (Wildman–Crippen LogP) is 1.92. The van der Waals surface area contributed by atoms with Crippen molar-refractivity contribution in [2.75, 3.05) is 18.3 Å². The topological polar surface area (TPSA) is 18.5 Å². The van der Waals surface area contributed by atoms with Crippen LogP contribution in [0.4, 0.5) is 8.78 Å². The highest BCUT2D eigenvalue weighted by Gasteiger charge is 2.31. The molecule has 0 unspecified atom stereocenters. The molecule has 0 aromatic carbocycles. The van der Waals surface area contributed by atoms with E-state index in [0.717, 1.165) is 24.1 Å². The maximum Gasteiger partial charge on any atom is 0.296 e. The standard InChI is InChI=1S/C4H6F2O2S2/c5-4(6)1-7-9-3-10-8-2-4/h1-3H2. The second kappa shape index (κ2) is 3.75. The van der Waals surface area contributed by atoms with E-state index in [1.165, 1.54) is 0 Å². The second-order valence-electron chi connectivity index (χ2n) is 1.73. The van der Waals surface area contributed by atoms with E-state index in [0.29, 0.717) is 5.08 Å². The summed E-state index contributed by atoms with van der Waals surface area (Å²) in [6.45, 7) is -1.11. The predicted molar refractivity (Wildman–Crippen MR) is 36.9 cm³/mol. The van der Waals surface area contributed by atoms with Crippen LogP contribution in [-0.2, 0) is 8.37 Å². The molecular formula is C4H6F2O2S2. The summed E-state index contributed by atoms with van der Waals surface area (Å²) in [5.74, 6) is -2.83. The smallest absolute Gasteiger partial charge is 0.296 e. The Morgan fingerprint density at radius 2 is 1.60 bits per heavy atom. The fourth-order valence-corrected chi connectivity index (χ4v) is 1.60. The third-order valence-corrected chi connectivity index (χ3v) is 2.14. The van der Waals surface area contributed by atoms with E-state index in [1.807, 2.05) is 0 Å². The number of hydrogen-bond donors (Lipinski definition) is 0. The lowest BCUT2D eigenvalue weighted by Crippen LogP contribution is -2.28. The van der Waals surface area contributed by atoms with E-state index >= 15 is 0 Å². The van der Waals surface area contributed by atoms with E-state index in [2.05, 4.69) is 8.37 Å². The number of hydrogen-bond acceptors (Lipinski definition) is 4. The summed E-state index contributed by atoms with van der Waals surface area (Å²) in [6, 6.07) is 0. The lowest BCUT2D eigenvalue weighted by molar-refractivity contribution is -0.0654. The highest BCUT2D eigenvalue weighted by atomic mass is 32.2. The van der Waals surface area contributed by atoms with Gasteiger partial charge in [-0.25, -0.2) is 8.78 Å². The molecular weight excluding hydrogens is 182 g/mol. The van der Waals surface area contributed by atoms with E-state index in [4.69, 9.17) is 0 Å². The molecule has 0 aromatic rings. The van der Waals surface area contributed by atoms with Gasteiger partial charge in [-0.3, -0.25) is 0 Å². The van der Waals surface area contributed by atoms with Crippen LogP contribution in [0.5, 0.6) is 0 Å². The largest absolute Gasteiger partial charge is 0.308 e. The van der Waals surface area contributed by atoms with Crippen LogP contribution < -0.4 is 0 Å². The van der Waals surface area contributed by atoms with Crippen LogP contribution in [0.3, 0.4) is 0 Å². The highest BCUT2D eigenvalue weighted by Crippen LogP contribution is 2.25. The van der Waals surface area contributed by atoms with Crippen molar-refractivity contribution in [3.05, 3.63) is 0 Å². The van der Waals surface area contributed by atoms with Gasteiger partial charge >= 0.3 is 0 Å². The van der Waals surface area contributed by atoms with Gasteiger partial charge in [0, 0.05) is 24.1 Å². The highest BCUT2D eigenvalue weighted by molar-refractivity contribution is 8.11. The monoisotopic (exact) mass is 188 g/mol. The molecule has 1 saturated heterocycles. The van der Waals surface area contributed by atoms with Gasteiger partial charge in [-0.15, -0.1) is 0 Å². The minimum atomic E-state index is -2.83. The molecule has 0 spiro atoms. The maximum atomic E-state index is 12.4. The van der Waals surface area contributed by atoms with Crippen LogP contribution >= 0.6 is 24.1 Å². The molecule has 2 nitrogen and oxygen atoms in total. The average molecular weight is 188 g/mol. The number of halogens is 2. The normalized spacial score (nSPS) is 27.0. The summed E-state index contributed by atoms with van der Waals surface area (Å²) >= 11 is 1.98. The molecule has 1 aliphatic rings. The van der Waals surface area contributed by atoms with Gasteiger partial charge in [0.05, 0.1) is 5.08 Å². The van der Waals surface area contributed by atoms with Crippen molar-refractivity contribution in [1.29, 1.82) is 0 Å². The molecule has 1 rings (SSSR count). The summed E-state index contributed by atoms with van der Waals surface area (Å²) in [5.41, 5.74) is 0. The molecule has 0 atom stereocenters.